The van der Waals surface area contributed by atoms with Crippen molar-refractivity contribution in [1.82, 2.24) is 25.3 Å². The second kappa shape index (κ2) is 12.9. The van der Waals surface area contributed by atoms with Crippen molar-refractivity contribution in [1.29, 1.82) is 0 Å². The number of rotatable bonds is 9. The number of nitrogens with zero attached hydrogens (tertiary/aromatic N) is 4. The summed E-state index contributed by atoms with van der Waals surface area (Å²) in [5, 5.41) is 16.6. The Kier molecular flexibility index (Phi) is 9.05. The molecule has 2 aromatic carbocycles. The van der Waals surface area contributed by atoms with Gasteiger partial charge in [-0.2, -0.15) is 5.10 Å². The van der Waals surface area contributed by atoms with E-state index >= 15 is 0 Å². The van der Waals surface area contributed by atoms with E-state index in [2.05, 4.69) is 42.5 Å². The summed E-state index contributed by atoms with van der Waals surface area (Å²) in [4.78, 5) is 44.6. The number of hydrogen-bond acceptors (Lipinski definition) is 6. The maximum Gasteiger partial charge on any atom is 0.319 e. The number of anilines is 3. The van der Waals surface area contributed by atoms with Gasteiger partial charge in [-0.1, -0.05) is 36.9 Å². The zero-order valence-electron chi connectivity index (χ0n) is 25.9. The van der Waals surface area contributed by atoms with Crippen LogP contribution in [-0.4, -0.2) is 71.6 Å². The van der Waals surface area contributed by atoms with Crippen molar-refractivity contribution in [2.75, 3.05) is 49.3 Å². The van der Waals surface area contributed by atoms with Gasteiger partial charge < -0.3 is 30.7 Å². The van der Waals surface area contributed by atoms with Crippen molar-refractivity contribution in [2.45, 2.75) is 44.8 Å². The van der Waals surface area contributed by atoms with Gasteiger partial charge in [-0.05, 0) is 76.7 Å². The summed E-state index contributed by atoms with van der Waals surface area (Å²) < 4.78 is 0. The first kappa shape index (κ1) is 30.8. The number of benzene rings is 2. The molecule has 0 spiro atoms. The van der Waals surface area contributed by atoms with E-state index in [4.69, 9.17) is 0 Å². The molecule has 11 heteroatoms. The van der Waals surface area contributed by atoms with Crippen LogP contribution in [0.4, 0.5) is 22.0 Å². The number of carbonyl (C=O) groups excluding carboxylic acids is 3. The van der Waals surface area contributed by atoms with Gasteiger partial charge in [0.2, 0.25) is 11.8 Å². The number of nitrogens with one attached hydrogen (secondary N) is 4. The van der Waals surface area contributed by atoms with Crippen LogP contribution in [0.15, 0.2) is 67.3 Å². The topological polar surface area (TPSA) is 126 Å². The standard InChI is InChI=1S/C33H42N8O3/c1-6-28(42)34-24-12-14-25(15-13-24)40-18-16-23(17-19-40)31(43)36-30-26-20-41(33(2,3)29(26)37-38-30)32(44)35-27(21-39(4)5)22-10-8-7-9-11-22/h6-15,23,27H,1,16-21H2,2-5H3,(H,34,42)(H,35,44)(H2,36,37,38,43)/t27-/m1/s1. The summed E-state index contributed by atoms with van der Waals surface area (Å²) in [6.45, 7) is 9.93. The van der Waals surface area contributed by atoms with E-state index in [1.807, 2.05) is 82.5 Å². The van der Waals surface area contributed by atoms with Crippen molar-refractivity contribution in [3.63, 3.8) is 0 Å². The Balaban J connectivity index is 1.19. The van der Waals surface area contributed by atoms with Crippen molar-refractivity contribution in [2.24, 2.45) is 5.92 Å². The van der Waals surface area contributed by atoms with E-state index < -0.39 is 5.54 Å². The molecule has 3 aromatic rings. The Morgan fingerprint density at radius 3 is 2.39 bits per heavy atom. The normalized spacial score (nSPS) is 16.8. The Bertz CT molecular complexity index is 1490. The molecule has 1 saturated heterocycles. The van der Waals surface area contributed by atoms with Crippen LogP contribution in [0.2, 0.25) is 0 Å². The summed E-state index contributed by atoms with van der Waals surface area (Å²) in [5.41, 5.74) is 3.83. The van der Waals surface area contributed by atoms with E-state index in [1.54, 1.807) is 4.90 Å². The highest BCUT2D eigenvalue weighted by molar-refractivity contribution is 5.99. The van der Waals surface area contributed by atoms with Crippen LogP contribution in [0.5, 0.6) is 0 Å². The lowest BCUT2D eigenvalue weighted by atomic mass is 9.95. The molecule has 4 amide bonds. The van der Waals surface area contributed by atoms with E-state index in [0.29, 0.717) is 37.4 Å². The van der Waals surface area contributed by atoms with E-state index in [1.165, 1.54) is 6.08 Å². The Labute approximate surface area is 258 Å². The molecule has 0 unspecified atom stereocenters. The Morgan fingerprint density at radius 1 is 1.07 bits per heavy atom. The lowest BCUT2D eigenvalue weighted by molar-refractivity contribution is -0.120. The van der Waals surface area contributed by atoms with Crippen molar-refractivity contribution in [3.05, 3.63) is 84.1 Å². The molecule has 5 rings (SSSR count). The highest BCUT2D eigenvalue weighted by atomic mass is 16.2. The zero-order valence-corrected chi connectivity index (χ0v) is 25.9. The molecular formula is C33H42N8O3. The van der Waals surface area contributed by atoms with Crippen molar-refractivity contribution in [3.8, 4) is 0 Å². The molecule has 11 nitrogen and oxygen atoms in total. The molecule has 3 heterocycles. The maximum atomic E-state index is 13.6. The molecule has 232 valence electrons. The van der Waals surface area contributed by atoms with E-state index in [9.17, 15) is 14.4 Å². The first-order valence-corrected chi connectivity index (χ1v) is 15.0. The minimum Gasteiger partial charge on any atom is -0.371 e. The van der Waals surface area contributed by atoms with Gasteiger partial charge in [-0.25, -0.2) is 4.79 Å². The van der Waals surface area contributed by atoms with Gasteiger partial charge in [0.1, 0.15) is 0 Å². The molecule has 1 aromatic heterocycles. The second-order valence-corrected chi connectivity index (χ2v) is 12.2. The van der Waals surface area contributed by atoms with Crippen LogP contribution >= 0.6 is 0 Å². The number of amides is 4. The molecule has 0 bridgehead atoms. The zero-order chi connectivity index (χ0) is 31.4. The van der Waals surface area contributed by atoms with Gasteiger partial charge in [0.05, 0.1) is 23.8 Å². The van der Waals surface area contributed by atoms with Crippen molar-refractivity contribution >= 4 is 35.0 Å². The largest absolute Gasteiger partial charge is 0.371 e. The van der Waals surface area contributed by atoms with Gasteiger partial charge in [0.25, 0.3) is 0 Å². The van der Waals surface area contributed by atoms with Gasteiger partial charge >= 0.3 is 6.03 Å². The lowest BCUT2D eigenvalue weighted by Crippen LogP contribution is -2.48. The summed E-state index contributed by atoms with van der Waals surface area (Å²) in [6, 6.07) is 17.3. The van der Waals surface area contributed by atoms with Gasteiger partial charge in [0.15, 0.2) is 5.82 Å². The number of aromatic amines is 1. The predicted octanol–water partition coefficient (Wildman–Crippen LogP) is 4.45. The highest BCUT2D eigenvalue weighted by Crippen LogP contribution is 2.41. The molecule has 44 heavy (non-hydrogen) atoms. The first-order chi connectivity index (χ1) is 21.1. The van der Waals surface area contributed by atoms with Gasteiger partial charge in [0, 0.05) is 42.5 Å². The fourth-order valence-corrected chi connectivity index (χ4v) is 6.02. The number of carbonyl (C=O) groups is 3. The SMILES string of the molecule is C=CC(=O)Nc1ccc(N2CCC(C(=O)Nc3n[nH]c4c3CN(C(=O)N[C@H](CN(C)C)c3ccccc3)C4(C)C)CC2)cc1. The van der Waals surface area contributed by atoms with Crippen LogP contribution in [0.3, 0.4) is 0 Å². The number of hydrogen-bond donors (Lipinski definition) is 4. The maximum absolute atomic E-state index is 13.6. The summed E-state index contributed by atoms with van der Waals surface area (Å²) in [5.74, 6) is 0.0396. The number of piperidine rings is 1. The second-order valence-electron chi connectivity index (χ2n) is 12.2. The fourth-order valence-electron chi connectivity index (χ4n) is 6.02. The van der Waals surface area contributed by atoms with Crippen LogP contribution in [0, 0.1) is 5.92 Å². The van der Waals surface area contributed by atoms with Gasteiger partial charge in [-0.3, -0.25) is 14.7 Å². The number of urea groups is 1. The third-order valence-corrected chi connectivity index (χ3v) is 8.56. The minimum absolute atomic E-state index is 0.0581. The molecule has 2 aliphatic rings. The molecule has 1 fully saturated rings. The van der Waals surface area contributed by atoms with Crippen LogP contribution in [0.1, 0.15) is 49.6 Å². The van der Waals surface area contributed by atoms with Gasteiger partial charge in [-0.15, -0.1) is 0 Å². The molecule has 0 radical (unpaired) electrons. The number of H-pyrrole nitrogens is 1. The average Bonchev–Trinajstić information content (AvgIpc) is 3.54. The van der Waals surface area contributed by atoms with E-state index in [0.717, 1.165) is 35.6 Å². The predicted molar refractivity (Wildman–Crippen MR) is 172 cm³/mol. The van der Waals surface area contributed by atoms with E-state index in [-0.39, 0.29) is 29.8 Å². The first-order valence-electron chi connectivity index (χ1n) is 15.0. The van der Waals surface area contributed by atoms with Crippen LogP contribution in [0.25, 0.3) is 0 Å². The summed E-state index contributed by atoms with van der Waals surface area (Å²) in [6.07, 6.45) is 2.66. The molecule has 0 saturated carbocycles. The monoisotopic (exact) mass is 598 g/mol. The molecule has 2 aliphatic heterocycles. The highest BCUT2D eigenvalue weighted by Gasteiger charge is 2.44. The number of likely N-dealkylation sites (N-methyl/N-ethyl adjacent to an activating group) is 1. The van der Waals surface area contributed by atoms with Crippen LogP contribution in [-0.2, 0) is 21.7 Å². The molecular weight excluding hydrogens is 556 g/mol. The molecule has 1 atom stereocenters. The fraction of sp³-hybridized carbons (Fsp3) is 0.394. The Morgan fingerprint density at radius 2 is 1.75 bits per heavy atom. The minimum atomic E-state index is -0.635. The van der Waals surface area contributed by atoms with Crippen molar-refractivity contribution < 1.29 is 14.4 Å². The number of fused-ring (bicyclic) bond motifs is 1. The third kappa shape index (κ3) is 6.62. The number of aromatic nitrogens is 2. The molecule has 0 aliphatic carbocycles. The lowest BCUT2D eigenvalue weighted by Gasteiger charge is -2.34. The quantitative estimate of drug-likeness (QED) is 0.270. The third-order valence-electron chi connectivity index (χ3n) is 8.56. The Hall–Kier alpha value is -4.64. The molecule has 4 N–H and O–H groups in total. The van der Waals surface area contributed by atoms with Crippen LogP contribution < -0.4 is 20.9 Å². The smallest absolute Gasteiger partial charge is 0.319 e. The summed E-state index contributed by atoms with van der Waals surface area (Å²) >= 11 is 0. The summed E-state index contributed by atoms with van der Waals surface area (Å²) in [7, 11) is 3.98. The average molecular weight is 599 g/mol.